The first-order chi connectivity index (χ1) is 45.3. The zero-order valence-electron chi connectivity index (χ0n) is 56.7. The molecule has 12 saturated carbocycles. The van der Waals surface area contributed by atoms with E-state index in [2.05, 4.69) is 67.0 Å². The summed E-state index contributed by atoms with van der Waals surface area (Å²) in [5, 5.41) is 19.0. The van der Waals surface area contributed by atoms with E-state index in [1.165, 1.54) is 161 Å². The fraction of sp³-hybridized carbons (Fsp3) is 0.824. The molecule has 6 heterocycles. The minimum absolute atomic E-state index is 0.0943. The van der Waals surface area contributed by atoms with Crippen LogP contribution in [0.4, 0.5) is 0 Å². The van der Waals surface area contributed by atoms with E-state index in [9.17, 15) is 33.6 Å². The predicted octanol–water partition coefficient (Wildman–Crippen LogP) is 8.05. The lowest BCUT2D eigenvalue weighted by atomic mass is 9.73. The number of nitrogens with zero attached hydrogens (tertiary/aromatic N) is 5. The maximum atomic E-state index is 12.9. The number of nitrogens with one attached hydrogen (secondary N) is 1. The van der Waals surface area contributed by atoms with Gasteiger partial charge in [0.2, 0.25) is 0 Å². The quantitative estimate of drug-likeness (QED) is 0.0617. The van der Waals surface area contributed by atoms with E-state index in [-0.39, 0.29) is 61.0 Å². The lowest BCUT2D eigenvalue weighted by Gasteiger charge is -2.35. The van der Waals surface area contributed by atoms with Crippen LogP contribution in [0.15, 0.2) is 36.8 Å². The molecule has 0 bridgehead atoms. The molecule has 0 radical (unpaired) electrons. The molecule has 0 aromatic carbocycles. The predicted molar refractivity (Wildman–Crippen MR) is 349 cm³/mol. The van der Waals surface area contributed by atoms with Crippen LogP contribution in [0.2, 0.25) is 0 Å². The second-order valence-corrected chi connectivity index (χ2v) is 33.2. The Kier molecular flexibility index (Phi) is 19.9. The Hall–Kier alpha value is -4.73. The second-order valence-electron chi connectivity index (χ2n) is 33.2. The molecule has 2 unspecified atom stereocenters. The smallest absolute Gasteiger partial charge is 0.334 e. The highest BCUT2D eigenvalue weighted by molar-refractivity contribution is 5.91. The van der Waals surface area contributed by atoms with Crippen molar-refractivity contribution in [2.75, 3.05) is 113 Å². The van der Waals surface area contributed by atoms with E-state index < -0.39 is 11.9 Å². The van der Waals surface area contributed by atoms with Gasteiger partial charge in [-0.05, 0) is 225 Å². The number of carbonyl (C=O) groups excluding carboxylic acids is 5. The first kappa shape index (κ1) is 67.8. The number of likely N-dealkylation sites (N-methyl/N-ethyl adjacent to an activating group) is 3. The molecular formula is C74H110N6O14. The highest BCUT2D eigenvalue weighted by Gasteiger charge is 2.73. The largest absolute Gasteiger partial charge is 0.478 e. The molecule has 20 nitrogen and oxygen atoms in total. The van der Waals surface area contributed by atoms with Crippen molar-refractivity contribution in [1.82, 2.24) is 29.8 Å². The van der Waals surface area contributed by atoms with Gasteiger partial charge in [-0.25, -0.2) is 14.4 Å². The standard InChI is InChI=1S/2C22H34N2O2.C17H22O2.C5H12N2.2C4H4O4/c2*1-23-10-12-24(13-11-23)14-16-15-2-4-21(6-7-21)17-3-5-22(8-9-22)18(17)19(15)26-20(16)25;1-10-11-2-4-16(6-7-16)12-3-5-17(8-9-17)13(12)14(11)19-15(10)18;1-7-4-2-6-3-5-7;2*5-3-8-2-1-4(6)7/h2*15-19H,2-14H2,1H3;11-14H,1-9H2;6H,2-5H2,1H3;2*1-3H,(H,6,7)/b;;;;2*2-1+/t2*15-,16?,17+,18-,19-;11-,12+,13-,14-;;;/m000.../s1. The molecule has 20 heteroatoms. The summed E-state index contributed by atoms with van der Waals surface area (Å²) in [5.74, 6) is 4.23. The van der Waals surface area contributed by atoms with E-state index in [4.69, 9.17) is 24.4 Å². The highest BCUT2D eigenvalue weighted by Crippen LogP contribution is 2.78. The van der Waals surface area contributed by atoms with Gasteiger partial charge in [-0.2, -0.15) is 0 Å². The third kappa shape index (κ3) is 14.0. The van der Waals surface area contributed by atoms with E-state index in [1.54, 1.807) is 0 Å². The van der Waals surface area contributed by atoms with Crippen LogP contribution in [0.1, 0.15) is 154 Å². The number of ether oxygens (including phenoxy) is 5. The summed E-state index contributed by atoms with van der Waals surface area (Å²) < 4.78 is 26.1. The number of fused-ring (bicyclic) bond motifs is 15. The van der Waals surface area contributed by atoms with Gasteiger partial charge in [0.05, 0.1) is 24.0 Å². The molecule has 6 saturated heterocycles. The first-order valence-corrected chi connectivity index (χ1v) is 36.8. The molecule has 18 aliphatic rings. The van der Waals surface area contributed by atoms with Crippen LogP contribution in [0.25, 0.3) is 0 Å². The number of carbonyl (C=O) groups is 7. The number of piperazine rings is 3. The number of carboxylic acid groups (broad SMARTS) is 2. The van der Waals surface area contributed by atoms with Gasteiger partial charge in [-0.3, -0.25) is 29.0 Å². The molecule has 0 aromatic rings. The number of hydrogen-bond donors (Lipinski definition) is 3. The van der Waals surface area contributed by atoms with Crippen molar-refractivity contribution in [1.29, 1.82) is 0 Å². The van der Waals surface area contributed by atoms with Gasteiger partial charge in [-0.1, -0.05) is 6.58 Å². The minimum Gasteiger partial charge on any atom is -0.478 e. The number of carboxylic acids is 2. The Morgan fingerprint density at radius 1 is 0.479 bits per heavy atom. The van der Waals surface area contributed by atoms with Crippen LogP contribution in [0, 0.1) is 97.6 Å². The van der Waals surface area contributed by atoms with Crippen molar-refractivity contribution in [2.45, 2.75) is 172 Å². The fourth-order valence-electron chi connectivity index (χ4n) is 22.1. The van der Waals surface area contributed by atoms with E-state index in [0.29, 0.717) is 80.1 Å². The Morgan fingerprint density at radius 3 is 1.15 bits per heavy atom. The fourth-order valence-corrected chi connectivity index (χ4v) is 22.1. The topological polar surface area (TPSA) is 234 Å². The van der Waals surface area contributed by atoms with Crippen molar-refractivity contribution in [2.24, 2.45) is 97.6 Å². The van der Waals surface area contributed by atoms with Crippen molar-refractivity contribution in [3.8, 4) is 0 Å². The van der Waals surface area contributed by atoms with E-state index in [1.807, 2.05) is 0 Å². The summed E-state index contributed by atoms with van der Waals surface area (Å²) >= 11 is 0. The second kappa shape index (κ2) is 27.5. The molecule has 14 atom stereocenters. The number of hydrogen-bond acceptors (Lipinski definition) is 18. The zero-order chi connectivity index (χ0) is 65.8. The monoisotopic (exact) mass is 1310 g/mol. The minimum atomic E-state index is -1.15. The van der Waals surface area contributed by atoms with E-state index >= 15 is 0 Å². The van der Waals surface area contributed by atoms with Gasteiger partial charge in [0.1, 0.15) is 30.8 Å². The van der Waals surface area contributed by atoms with Crippen molar-refractivity contribution < 1.29 is 67.5 Å². The number of rotatable bonds is 10. The maximum Gasteiger partial charge on any atom is 0.334 e. The van der Waals surface area contributed by atoms with Crippen LogP contribution in [0.3, 0.4) is 0 Å². The van der Waals surface area contributed by atoms with Gasteiger partial charge in [0, 0.05) is 133 Å². The third-order valence-electron chi connectivity index (χ3n) is 28.4. The summed E-state index contributed by atoms with van der Waals surface area (Å²) in [6.45, 7) is 19.9. The van der Waals surface area contributed by atoms with Crippen molar-refractivity contribution in [3.63, 3.8) is 0 Å². The Morgan fingerprint density at radius 2 is 0.819 bits per heavy atom. The van der Waals surface area contributed by atoms with E-state index in [0.717, 1.165) is 121 Å². The number of esters is 3. The van der Waals surface area contributed by atoms with Gasteiger partial charge in [-0.15, -0.1) is 0 Å². The molecule has 6 spiro atoms. The lowest BCUT2D eigenvalue weighted by Crippen LogP contribution is -2.47. The van der Waals surface area contributed by atoms with Gasteiger partial charge in [0.15, 0.2) is 0 Å². The molecule has 18 rings (SSSR count). The van der Waals surface area contributed by atoms with Crippen molar-refractivity contribution in [3.05, 3.63) is 36.8 Å². The first-order valence-electron chi connectivity index (χ1n) is 36.8. The molecule has 0 aromatic heterocycles. The van der Waals surface area contributed by atoms with Crippen LogP contribution in [-0.4, -0.2) is 209 Å². The Labute approximate surface area is 557 Å². The Bertz CT molecular complexity index is 2720. The van der Waals surface area contributed by atoms with Gasteiger partial charge in [0.25, 0.3) is 12.9 Å². The van der Waals surface area contributed by atoms with Gasteiger partial charge < -0.3 is 53.9 Å². The summed E-state index contributed by atoms with van der Waals surface area (Å²) in [7, 11) is 6.56. The van der Waals surface area contributed by atoms with Crippen LogP contribution in [0.5, 0.6) is 0 Å². The van der Waals surface area contributed by atoms with Crippen LogP contribution in [-0.2, 0) is 57.2 Å². The molecule has 6 aliphatic heterocycles. The molecule has 12 aliphatic carbocycles. The zero-order valence-corrected chi connectivity index (χ0v) is 56.7. The SMILES string of the molecule is C=C1C(=O)O[C@@H]2[C@@H]3[C@@H](CCC34CC4)C3(CC[C@@H]12)CC3.CN1CCN(CC2C(=O)O[C@@H]3[C@@H]4[C@@H](CCC45CC5)C4(CC[C@@H]23)CC4)CC1.CN1CCN(CC2C(=O)O[C@@H]3[C@@H]4[C@@H](CCC45CC5)C4(CC[C@@H]23)CC4)CC1.CN1CCNCC1.O=CO/C=C/C(=O)O.O=CO/C=C/C(=O)O. The molecule has 520 valence electrons. The van der Waals surface area contributed by atoms with Crippen LogP contribution >= 0.6 is 0 Å². The molecule has 0 amide bonds. The lowest BCUT2D eigenvalue weighted by molar-refractivity contribution is -0.149. The summed E-state index contributed by atoms with van der Waals surface area (Å²) in [6, 6.07) is 0. The highest BCUT2D eigenvalue weighted by atomic mass is 16.6. The molecular weight excluding hydrogens is 1200 g/mol. The maximum absolute atomic E-state index is 12.9. The molecule has 94 heavy (non-hydrogen) atoms. The third-order valence-corrected chi connectivity index (χ3v) is 28.4. The summed E-state index contributed by atoms with van der Waals surface area (Å²) in [4.78, 5) is 87.8. The summed E-state index contributed by atoms with van der Waals surface area (Å²) in [5.41, 5.74) is 4.47. The summed E-state index contributed by atoms with van der Waals surface area (Å²) in [6.07, 6.45) is 37.1. The van der Waals surface area contributed by atoms with Crippen LogP contribution < -0.4 is 5.32 Å². The average molecular weight is 1310 g/mol. The van der Waals surface area contributed by atoms with Gasteiger partial charge >= 0.3 is 29.8 Å². The van der Waals surface area contributed by atoms with Crippen molar-refractivity contribution >= 4 is 42.8 Å². The Balaban J connectivity index is 0.000000111. The number of aliphatic carboxylic acids is 2. The molecule has 3 N–H and O–H groups in total. The molecule has 18 fully saturated rings. The average Bonchev–Trinajstić information content (AvgIpc) is 1.54. The normalized spacial score (nSPS) is 38.5.